The molecule has 1 heterocycles. The number of carbonyl (C=O) groups is 9. The lowest BCUT2D eigenvalue weighted by Crippen LogP contribution is -2.60. The summed E-state index contributed by atoms with van der Waals surface area (Å²) in [4.78, 5) is 116. The first-order valence-electron chi connectivity index (χ1n) is 19.3. The Bertz CT molecular complexity index is 1810. The van der Waals surface area contributed by atoms with Gasteiger partial charge in [0, 0.05) is 12.8 Å². The smallest absolute Gasteiger partial charge is 0.326 e. The average molecular weight is 824 g/mol. The number of carbonyl (C=O) groups excluding carboxylic acids is 6. The van der Waals surface area contributed by atoms with Gasteiger partial charge in [0.1, 0.15) is 36.3 Å². The van der Waals surface area contributed by atoms with E-state index in [1.807, 2.05) is 0 Å². The van der Waals surface area contributed by atoms with Crippen molar-refractivity contribution in [2.75, 3.05) is 6.54 Å². The van der Waals surface area contributed by atoms with E-state index in [4.69, 9.17) is 0 Å². The van der Waals surface area contributed by atoms with E-state index in [0.717, 1.165) is 6.42 Å². The number of aliphatic carboxylic acids is 3. The molecule has 320 valence electrons. The minimum Gasteiger partial charge on any atom is -0.481 e. The fourth-order valence-electron chi connectivity index (χ4n) is 6.22. The van der Waals surface area contributed by atoms with Crippen molar-refractivity contribution in [2.45, 2.75) is 108 Å². The molecule has 0 unspecified atom stereocenters. The van der Waals surface area contributed by atoms with Gasteiger partial charge in [-0.25, -0.2) is 4.79 Å². The van der Waals surface area contributed by atoms with Gasteiger partial charge in [-0.15, -0.1) is 0 Å². The van der Waals surface area contributed by atoms with Crippen LogP contribution in [-0.4, -0.2) is 118 Å². The van der Waals surface area contributed by atoms with Crippen LogP contribution < -0.4 is 37.2 Å². The number of nitrogens with one attached hydrogen (secondary N) is 7. The Morgan fingerprint density at radius 2 is 1.07 bits per heavy atom. The quantitative estimate of drug-likeness (QED) is 0.0660. The highest BCUT2D eigenvalue weighted by atomic mass is 16.4. The maximum atomic E-state index is 13.9. The van der Waals surface area contributed by atoms with Crippen molar-refractivity contribution >= 4 is 53.4 Å². The normalized spacial score (nSPS) is 17.0. The van der Waals surface area contributed by atoms with Crippen LogP contribution in [0.2, 0.25) is 0 Å². The van der Waals surface area contributed by atoms with Crippen LogP contribution in [0.25, 0.3) is 0 Å². The predicted octanol–water partition coefficient (Wildman–Crippen LogP) is -0.767. The van der Waals surface area contributed by atoms with Gasteiger partial charge < -0.3 is 52.5 Å². The first-order chi connectivity index (χ1) is 28.0. The maximum Gasteiger partial charge on any atom is 0.326 e. The lowest BCUT2D eigenvalue weighted by Gasteiger charge is -2.28. The van der Waals surface area contributed by atoms with Crippen molar-refractivity contribution in [2.24, 2.45) is 5.92 Å². The number of hydrogen-bond acceptors (Lipinski definition) is 10. The van der Waals surface area contributed by atoms with Crippen LogP contribution in [0.5, 0.6) is 0 Å². The van der Waals surface area contributed by atoms with E-state index in [2.05, 4.69) is 37.2 Å². The Hall–Kier alpha value is -6.37. The molecule has 1 aliphatic rings. The van der Waals surface area contributed by atoms with Crippen molar-refractivity contribution in [1.29, 1.82) is 0 Å². The SMILES string of the molecule is CC[C@H](C)[C@H](NC(=O)[C@@H]1CCCN1)C(=O)N[C@@H](CC(=O)O)C(=O)N[C@@H](C)C(=O)N[C@@H](Cc1ccccc1)C(=O)N[C@@H](Cc1ccccc1)C(=O)N[C@@H](CC(=O)O)C(=O)O. The minimum absolute atomic E-state index is 0.119. The third-order valence-corrected chi connectivity index (χ3v) is 9.76. The van der Waals surface area contributed by atoms with E-state index >= 15 is 0 Å². The first-order valence-corrected chi connectivity index (χ1v) is 19.3. The second-order valence-electron chi connectivity index (χ2n) is 14.4. The molecule has 1 aliphatic heterocycles. The van der Waals surface area contributed by atoms with Crippen LogP contribution in [0.3, 0.4) is 0 Å². The van der Waals surface area contributed by atoms with Crippen LogP contribution in [0.15, 0.2) is 60.7 Å². The summed E-state index contributed by atoms with van der Waals surface area (Å²) in [5.74, 6) is -9.95. The molecule has 2 aromatic rings. The second kappa shape index (κ2) is 23.1. The molecule has 0 bridgehead atoms. The van der Waals surface area contributed by atoms with Gasteiger partial charge in [-0.2, -0.15) is 0 Å². The number of amides is 6. The Labute approximate surface area is 340 Å². The third-order valence-electron chi connectivity index (χ3n) is 9.76. The monoisotopic (exact) mass is 823 g/mol. The standard InChI is InChI=1S/C40H53N7O12/c1-4-22(2)33(47-35(53)26-16-11-17-41-26)39(57)45-29(20-31(48)49)36(54)42-23(3)34(52)43-27(18-24-12-7-5-8-13-24)37(55)44-28(19-25-14-9-6-10-15-25)38(56)46-30(40(58)59)21-32(50)51/h5-10,12-15,22-23,26-30,33,41H,4,11,16-21H2,1-3H3,(H,42,54)(H,43,52)(H,44,55)(H,45,57)(H,46,56)(H,47,53)(H,48,49)(H,50,51)(H,58,59)/t22-,23-,26-,27-,28-,29-,30-,33-/m0/s1. The molecule has 0 spiro atoms. The van der Waals surface area contributed by atoms with Crippen LogP contribution in [0.1, 0.15) is 64.0 Å². The highest BCUT2D eigenvalue weighted by molar-refractivity contribution is 5.98. The Kier molecular flexibility index (Phi) is 18.4. The highest BCUT2D eigenvalue weighted by Gasteiger charge is 2.35. The van der Waals surface area contributed by atoms with Gasteiger partial charge in [0.2, 0.25) is 35.4 Å². The molecular weight excluding hydrogens is 770 g/mol. The van der Waals surface area contributed by atoms with Crippen molar-refractivity contribution in [3.63, 3.8) is 0 Å². The number of benzene rings is 2. The third kappa shape index (κ3) is 15.5. The fourth-order valence-corrected chi connectivity index (χ4v) is 6.22. The zero-order valence-corrected chi connectivity index (χ0v) is 33.1. The van der Waals surface area contributed by atoms with Gasteiger partial charge in [0.05, 0.1) is 18.9 Å². The first kappa shape index (κ1) is 47.0. The van der Waals surface area contributed by atoms with E-state index in [0.29, 0.717) is 30.5 Å². The number of carboxylic acids is 3. The molecule has 3 rings (SSSR count). The molecule has 1 saturated heterocycles. The summed E-state index contributed by atoms with van der Waals surface area (Å²) in [6.45, 7) is 5.42. The molecule has 0 aromatic heterocycles. The van der Waals surface area contributed by atoms with Crippen LogP contribution >= 0.6 is 0 Å². The van der Waals surface area contributed by atoms with Gasteiger partial charge in [-0.05, 0) is 43.4 Å². The van der Waals surface area contributed by atoms with Crippen molar-refractivity contribution in [1.82, 2.24) is 37.2 Å². The molecule has 19 heteroatoms. The summed E-state index contributed by atoms with van der Waals surface area (Å²) in [5.41, 5.74) is 1.14. The maximum absolute atomic E-state index is 13.9. The molecule has 1 fully saturated rings. The van der Waals surface area contributed by atoms with Crippen LogP contribution in [-0.2, 0) is 56.0 Å². The zero-order valence-electron chi connectivity index (χ0n) is 33.1. The molecule has 19 nitrogen and oxygen atoms in total. The van der Waals surface area contributed by atoms with Crippen molar-refractivity contribution in [3.8, 4) is 0 Å². The largest absolute Gasteiger partial charge is 0.481 e. The highest BCUT2D eigenvalue weighted by Crippen LogP contribution is 2.13. The van der Waals surface area contributed by atoms with E-state index in [1.54, 1.807) is 74.5 Å². The van der Waals surface area contributed by atoms with E-state index in [9.17, 15) is 58.5 Å². The van der Waals surface area contributed by atoms with Crippen LogP contribution in [0.4, 0.5) is 0 Å². The van der Waals surface area contributed by atoms with Gasteiger partial charge in [0.15, 0.2) is 0 Å². The van der Waals surface area contributed by atoms with E-state index < -0.39 is 114 Å². The predicted molar refractivity (Wildman–Crippen MR) is 210 cm³/mol. The average Bonchev–Trinajstić information content (AvgIpc) is 3.74. The van der Waals surface area contributed by atoms with Gasteiger partial charge in [-0.3, -0.25) is 38.4 Å². The topological polar surface area (TPSA) is 299 Å². The lowest BCUT2D eigenvalue weighted by atomic mass is 9.97. The van der Waals surface area contributed by atoms with Gasteiger partial charge in [-0.1, -0.05) is 80.9 Å². The fraction of sp³-hybridized carbons (Fsp3) is 0.475. The molecule has 2 aromatic carbocycles. The lowest BCUT2D eigenvalue weighted by molar-refractivity contribution is -0.147. The molecule has 59 heavy (non-hydrogen) atoms. The Balaban J connectivity index is 1.81. The molecule has 8 atom stereocenters. The van der Waals surface area contributed by atoms with E-state index in [-0.39, 0.29) is 12.8 Å². The van der Waals surface area contributed by atoms with Gasteiger partial charge in [0.25, 0.3) is 0 Å². The summed E-state index contributed by atoms with van der Waals surface area (Å²) in [7, 11) is 0. The molecule has 10 N–H and O–H groups in total. The zero-order chi connectivity index (χ0) is 43.6. The molecule has 0 saturated carbocycles. The molecular formula is C40H53N7O12. The molecule has 6 amide bonds. The summed E-state index contributed by atoms with van der Waals surface area (Å²) in [5, 5.41) is 46.1. The Morgan fingerprint density at radius 1 is 0.610 bits per heavy atom. The Morgan fingerprint density at radius 3 is 1.53 bits per heavy atom. The van der Waals surface area contributed by atoms with Crippen molar-refractivity contribution in [3.05, 3.63) is 71.8 Å². The molecule has 0 aliphatic carbocycles. The summed E-state index contributed by atoms with van der Waals surface area (Å²) >= 11 is 0. The van der Waals surface area contributed by atoms with E-state index in [1.165, 1.54) is 6.92 Å². The minimum atomic E-state index is -1.82. The molecule has 0 radical (unpaired) electrons. The number of carboxylic acid groups (broad SMARTS) is 3. The van der Waals surface area contributed by atoms with Crippen molar-refractivity contribution < 1.29 is 58.5 Å². The van der Waals surface area contributed by atoms with Gasteiger partial charge >= 0.3 is 17.9 Å². The summed E-state index contributed by atoms with van der Waals surface area (Å²) in [6, 6.07) is 7.50. The number of rotatable bonds is 23. The van der Waals surface area contributed by atoms with Crippen LogP contribution in [0, 0.1) is 5.92 Å². The summed E-state index contributed by atoms with van der Waals surface area (Å²) in [6.07, 6.45) is -0.252. The number of hydrogen-bond donors (Lipinski definition) is 10. The second-order valence-corrected chi connectivity index (χ2v) is 14.4. The summed E-state index contributed by atoms with van der Waals surface area (Å²) < 4.78 is 0.